The molecule has 1 saturated heterocycles. The van der Waals surface area contributed by atoms with E-state index in [4.69, 9.17) is 5.73 Å². The van der Waals surface area contributed by atoms with Crippen LogP contribution >= 0.6 is 0 Å². The lowest BCUT2D eigenvalue weighted by Crippen LogP contribution is -2.47. The smallest absolute Gasteiger partial charge is 0.226 e. The molecule has 3 rings (SSSR count). The second-order valence-corrected chi connectivity index (χ2v) is 5.52. The van der Waals surface area contributed by atoms with Crippen LogP contribution in [0.2, 0.25) is 0 Å². The lowest BCUT2D eigenvalue weighted by atomic mass is 10.2. The normalized spacial score (nSPS) is 15.0. The quantitative estimate of drug-likeness (QED) is 0.900. The first-order valence-corrected chi connectivity index (χ1v) is 7.35. The summed E-state index contributed by atoms with van der Waals surface area (Å²) in [7, 11) is 3.90. The molecule has 0 aliphatic carbocycles. The van der Waals surface area contributed by atoms with Gasteiger partial charge in [-0.05, 0) is 18.2 Å². The first-order valence-electron chi connectivity index (χ1n) is 7.35. The highest BCUT2D eigenvalue weighted by atomic mass is 15.3. The van der Waals surface area contributed by atoms with E-state index in [1.54, 1.807) is 0 Å². The maximum Gasteiger partial charge on any atom is 0.226 e. The minimum atomic E-state index is 0.555. The fourth-order valence-electron chi connectivity index (χ4n) is 2.51. The molecule has 2 N–H and O–H groups in total. The van der Waals surface area contributed by atoms with Gasteiger partial charge in [0.2, 0.25) is 5.95 Å². The number of piperazine rings is 1. The van der Waals surface area contributed by atoms with Crippen molar-refractivity contribution in [2.75, 3.05) is 60.7 Å². The van der Waals surface area contributed by atoms with Crippen molar-refractivity contribution in [2.45, 2.75) is 0 Å². The molecule has 3 heterocycles. The summed E-state index contributed by atoms with van der Waals surface area (Å²) in [6.45, 7) is 3.72. The molecule has 7 nitrogen and oxygen atoms in total. The number of anilines is 4. The van der Waals surface area contributed by atoms with Crippen LogP contribution in [0, 0.1) is 0 Å². The monoisotopic (exact) mass is 299 g/mol. The fourth-order valence-corrected chi connectivity index (χ4v) is 2.51. The van der Waals surface area contributed by atoms with Crippen molar-refractivity contribution in [3.63, 3.8) is 0 Å². The minimum absolute atomic E-state index is 0.555. The van der Waals surface area contributed by atoms with E-state index in [0.29, 0.717) is 5.82 Å². The van der Waals surface area contributed by atoms with Crippen LogP contribution in [-0.4, -0.2) is 55.2 Å². The third-order valence-corrected chi connectivity index (χ3v) is 3.77. The van der Waals surface area contributed by atoms with Crippen LogP contribution in [-0.2, 0) is 0 Å². The van der Waals surface area contributed by atoms with Gasteiger partial charge in [-0.2, -0.15) is 4.98 Å². The molecular formula is C15H21N7. The van der Waals surface area contributed by atoms with E-state index >= 15 is 0 Å². The molecule has 1 fully saturated rings. The summed E-state index contributed by atoms with van der Waals surface area (Å²) in [6.07, 6.45) is 3.65. The zero-order valence-electron chi connectivity index (χ0n) is 13.0. The Morgan fingerprint density at radius 2 is 1.73 bits per heavy atom. The molecule has 0 radical (unpaired) electrons. The van der Waals surface area contributed by atoms with Gasteiger partial charge in [0.05, 0.1) is 11.9 Å². The van der Waals surface area contributed by atoms with Gasteiger partial charge in [0.15, 0.2) is 0 Å². The van der Waals surface area contributed by atoms with Crippen molar-refractivity contribution in [1.29, 1.82) is 0 Å². The number of nitrogen functional groups attached to an aromatic ring is 1. The second-order valence-electron chi connectivity index (χ2n) is 5.52. The zero-order valence-corrected chi connectivity index (χ0v) is 13.0. The average Bonchev–Trinajstić information content (AvgIpc) is 2.56. The van der Waals surface area contributed by atoms with Gasteiger partial charge in [0.25, 0.3) is 0 Å². The Hall–Kier alpha value is -2.57. The Bertz CT molecular complexity index is 618. The SMILES string of the molecule is CN(C)c1nccc(N2CCN(c3ccc(N)nc3)CC2)n1. The van der Waals surface area contributed by atoms with E-state index < -0.39 is 0 Å². The van der Waals surface area contributed by atoms with E-state index in [1.165, 1.54) is 0 Å². The second kappa shape index (κ2) is 6.05. The van der Waals surface area contributed by atoms with Crippen molar-refractivity contribution in [3.8, 4) is 0 Å². The molecule has 7 heteroatoms. The summed E-state index contributed by atoms with van der Waals surface area (Å²) in [6, 6.07) is 5.83. The Labute approximate surface area is 130 Å². The van der Waals surface area contributed by atoms with Crippen LogP contribution in [0.5, 0.6) is 0 Å². The van der Waals surface area contributed by atoms with Crippen LogP contribution in [0.15, 0.2) is 30.6 Å². The topological polar surface area (TPSA) is 74.4 Å². The molecule has 0 aromatic carbocycles. The van der Waals surface area contributed by atoms with Crippen molar-refractivity contribution in [3.05, 3.63) is 30.6 Å². The molecule has 0 unspecified atom stereocenters. The minimum Gasteiger partial charge on any atom is -0.384 e. The molecule has 2 aromatic rings. The molecule has 0 saturated carbocycles. The first kappa shape index (κ1) is 14.4. The Morgan fingerprint density at radius 3 is 2.36 bits per heavy atom. The number of pyridine rings is 1. The third-order valence-electron chi connectivity index (χ3n) is 3.77. The van der Waals surface area contributed by atoms with Crippen LogP contribution in [0.3, 0.4) is 0 Å². The van der Waals surface area contributed by atoms with E-state index in [-0.39, 0.29) is 0 Å². The van der Waals surface area contributed by atoms with E-state index in [1.807, 2.05) is 49.6 Å². The highest BCUT2D eigenvalue weighted by Crippen LogP contribution is 2.20. The Morgan fingerprint density at radius 1 is 1.00 bits per heavy atom. The van der Waals surface area contributed by atoms with Gasteiger partial charge in [0.1, 0.15) is 11.6 Å². The van der Waals surface area contributed by atoms with Gasteiger partial charge in [-0.15, -0.1) is 0 Å². The van der Waals surface area contributed by atoms with Gasteiger partial charge >= 0.3 is 0 Å². The molecule has 0 amide bonds. The summed E-state index contributed by atoms with van der Waals surface area (Å²) >= 11 is 0. The highest BCUT2D eigenvalue weighted by molar-refractivity contribution is 5.51. The Balaban J connectivity index is 1.66. The van der Waals surface area contributed by atoms with Crippen LogP contribution < -0.4 is 20.4 Å². The van der Waals surface area contributed by atoms with Crippen molar-refractivity contribution >= 4 is 23.3 Å². The fraction of sp³-hybridized carbons (Fsp3) is 0.400. The summed E-state index contributed by atoms with van der Waals surface area (Å²) in [5.74, 6) is 2.27. The van der Waals surface area contributed by atoms with Crippen LogP contribution in [0.1, 0.15) is 0 Å². The predicted molar refractivity (Wildman–Crippen MR) is 89.4 cm³/mol. The van der Waals surface area contributed by atoms with Crippen molar-refractivity contribution < 1.29 is 0 Å². The van der Waals surface area contributed by atoms with Gasteiger partial charge in [-0.1, -0.05) is 0 Å². The number of hydrogen-bond donors (Lipinski definition) is 1. The van der Waals surface area contributed by atoms with Crippen LogP contribution in [0.4, 0.5) is 23.3 Å². The van der Waals surface area contributed by atoms with Gasteiger partial charge < -0.3 is 20.4 Å². The molecule has 0 bridgehead atoms. The number of rotatable bonds is 3. The number of hydrogen-bond acceptors (Lipinski definition) is 7. The van der Waals surface area contributed by atoms with Crippen LogP contribution in [0.25, 0.3) is 0 Å². The lowest BCUT2D eigenvalue weighted by Gasteiger charge is -2.36. The largest absolute Gasteiger partial charge is 0.384 e. The summed E-state index contributed by atoms with van der Waals surface area (Å²) in [5.41, 5.74) is 6.75. The number of nitrogens with two attached hydrogens (primary N) is 1. The molecule has 2 aromatic heterocycles. The zero-order chi connectivity index (χ0) is 15.5. The van der Waals surface area contributed by atoms with Crippen molar-refractivity contribution in [1.82, 2.24) is 15.0 Å². The molecule has 0 atom stereocenters. The highest BCUT2D eigenvalue weighted by Gasteiger charge is 2.19. The third kappa shape index (κ3) is 3.03. The van der Waals surface area contributed by atoms with Gasteiger partial charge in [-0.3, -0.25) is 0 Å². The molecule has 116 valence electrons. The average molecular weight is 299 g/mol. The van der Waals surface area contributed by atoms with Crippen molar-refractivity contribution in [2.24, 2.45) is 0 Å². The summed E-state index contributed by atoms with van der Waals surface area (Å²) in [5, 5.41) is 0. The molecular weight excluding hydrogens is 278 g/mol. The van der Waals surface area contributed by atoms with E-state index in [2.05, 4.69) is 24.8 Å². The maximum atomic E-state index is 5.64. The van der Waals surface area contributed by atoms with E-state index in [9.17, 15) is 0 Å². The van der Waals surface area contributed by atoms with Gasteiger partial charge in [-0.25, -0.2) is 9.97 Å². The molecule has 1 aliphatic heterocycles. The number of nitrogens with zero attached hydrogens (tertiary/aromatic N) is 6. The lowest BCUT2D eigenvalue weighted by molar-refractivity contribution is 0.646. The molecule has 1 aliphatic rings. The standard InChI is InChI=1S/C15H21N7/c1-20(2)15-17-6-5-14(19-15)22-9-7-21(8-10-22)12-3-4-13(16)18-11-12/h3-6,11H,7-10H2,1-2H3,(H2,16,18). The first-order chi connectivity index (χ1) is 10.6. The summed E-state index contributed by atoms with van der Waals surface area (Å²) in [4.78, 5) is 19.5. The molecule has 22 heavy (non-hydrogen) atoms. The Kier molecular flexibility index (Phi) is 3.95. The maximum absolute atomic E-state index is 5.64. The van der Waals surface area contributed by atoms with E-state index in [0.717, 1.165) is 43.6 Å². The molecule has 0 spiro atoms. The number of aromatic nitrogens is 3. The van der Waals surface area contributed by atoms with Gasteiger partial charge in [0, 0.05) is 46.5 Å². The summed E-state index contributed by atoms with van der Waals surface area (Å²) < 4.78 is 0. The predicted octanol–water partition coefficient (Wildman–Crippen LogP) is 0.846.